The molecule has 50 heavy (non-hydrogen) atoms. The zero-order valence-electron chi connectivity index (χ0n) is 28.5. The Labute approximate surface area is 290 Å². The predicted octanol–water partition coefficient (Wildman–Crippen LogP) is -4.81. The van der Waals surface area contributed by atoms with E-state index in [2.05, 4.69) is 5.48 Å². The minimum absolute atomic E-state index is 0.0679. The zero-order valence-corrected chi connectivity index (χ0v) is 28.5. The molecule has 0 amide bonds. The summed E-state index contributed by atoms with van der Waals surface area (Å²) in [6.07, 6.45) is -1.81. The SMILES string of the molecule is COCC1CC(CO)C(N)(COCC2CC(CO)C(COC)C(O)C2NOC(=O)CN(CCN(CC(=O)O)CC(=O)O)CC(=O)O)C(O)C1N. The van der Waals surface area contributed by atoms with E-state index >= 15 is 0 Å². The smallest absolute Gasteiger partial charge is 0.338 e. The fourth-order valence-corrected chi connectivity index (χ4v) is 6.97. The summed E-state index contributed by atoms with van der Waals surface area (Å²) in [7, 11) is 2.94. The number of carbonyl (C=O) groups excluding carboxylic acids is 1. The Balaban J connectivity index is 2.15. The molecule has 0 aromatic rings. The number of aliphatic carboxylic acids is 3. The third-order valence-electron chi connectivity index (χ3n) is 9.68. The van der Waals surface area contributed by atoms with Crippen LogP contribution < -0.4 is 16.9 Å². The molecule has 0 aromatic carbocycles. The number of aliphatic hydroxyl groups excluding tert-OH is 4. The van der Waals surface area contributed by atoms with E-state index in [-0.39, 0.29) is 65.1 Å². The molecule has 0 bridgehead atoms. The molecular formula is C30H55N5O15. The number of ether oxygens (including phenoxy) is 3. The molecule has 0 saturated heterocycles. The molecule has 0 radical (unpaired) electrons. The van der Waals surface area contributed by atoms with Crippen LogP contribution in [-0.4, -0.2) is 192 Å². The molecule has 20 heteroatoms. The van der Waals surface area contributed by atoms with Crippen LogP contribution in [0.25, 0.3) is 0 Å². The largest absolute Gasteiger partial charge is 0.480 e. The first-order valence-corrected chi connectivity index (χ1v) is 16.3. The second kappa shape index (κ2) is 21.1. The Morgan fingerprint density at radius 2 is 1.36 bits per heavy atom. The van der Waals surface area contributed by atoms with E-state index in [0.717, 1.165) is 9.80 Å². The number of hydrogen-bond acceptors (Lipinski definition) is 17. The lowest BCUT2D eigenvalue weighted by molar-refractivity contribution is -0.167. The van der Waals surface area contributed by atoms with Gasteiger partial charge in [-0.3, -0.25) is 24.2 Å². The van der Waals surface area contributed by atoms with Crippen LogP contribution in [0.4, 0.5) is 0 Å². The molecule has 2 saturated carbocycles. The van der Waals surface area contributed by atoms with Gasteiger partial charge in [-0.2, -0.15) is 0 Å². The van der Waals surface area contributed by atoms with Gasteiger partial charge < -0.3 is 66.3 Å². The third kappa shape index (κ3) is 12.6. The first kappa shape index (κ1) is 43.6. The number of aliphatic hydroxyl groups is 4. The van der Waals surface area contributed by atoms with Gasteiger partial charge in [-0.25, -0.2) is 4.79 Å². The van der Waals surface area contributed by atoms with Gasteiger partial charge in [-0.1, -0.05) is 0 Å². The summed E-state index contributed by atoms with van der Waals surface area (Å²) in [6, 6.07) is -1.72. The van der Waals surface area contributed by atoms with Crippen LogP contribution in [-0.2, 0) is 38.2 Å². The number of carbonyl (C=O) groups is 4. The van der Waals surface area contributed by atoms with Crippen molar-refractivity contribution in [3.8, 4) is 0 Å². The topological polar surface area (TPSA) is 317 Å². The van der Waals surface area contributed by atoms with Gasteiger partial charge >= 0.3 is 23.9 Å². The van der Waals surface area contributed by atoms with Crippen LogP contribution in [0.3, 0.4) is 0 Å². The Hall–Kier alpha value is -2.60. The van der Waals surface area contributed by atoms with Gasteiger partial charge in [-0.15, -0.1) is 5.48 Å². The highest BCUT2D eigenvalue weighted by Gasteiger charge is 2.52. The quantitative estimate of drug-likeness (QED) is 0.0442. The highest BCUT2D eigenvalue weighted by atomic mass is 16.7. The van der Waals surface area contributed by atoms with Crippen molar-refractivity contribution < 1.29 is 74.0 Å². The van der Waals surface area contributed by atoms with Crippen molar-refractivity contribution in [3.63, 3.8) is 0 Å². The number of rotatable bonds is 23. The number of hydroxylamine groups is 1. The van der Waals surface area contributed by atoms with Crippen molar-refractivity contribution in [1.82, 2.24) is 15.3 Å². The van der Waals surface area contributed by atoms with Crippen LogP contribution in [0, 0.1) is 29.6 Å². The molecule has 0 spiro atoms. The summed E-state index contributed by atoms with van der Waals surface area (Å²) < 4.78 is 16.5. The molecule has 0 aliphatic heterocycles. The Bertz CT molecular complexity index is 1070. The fourth-order valence-electron chi connectivity index (χ4n) is 6.97. The molecule has 2 fully saturated rings. The lowest BCUT2D eigenvalue weighted by atomic mass is 9.66. The molecule has 12 N–H and O–H groups in total. The van der Waals surface area contributed by atoms with Gasteiger partial charge in [-0.05, 0) is 18.8 Å². The van der Waals surface area contributed by atoms with E-state index < -0.39 is 104 Å². The van der Waals surface area contributed by atoms with Crippen LogP contribution >= 0.6 is 0 Å². The molecule has 290 valence electrons. The summed E-state index contributed by atoms with van der Waals surface area (Å²) in [6.45, 7) is -3.43. The van der Waals surface area contributed by atoms with Crippen LogP contribution in [0.15, 0.2) is 0 Å². The monoisotopic (exact) mass is 725 g/mol. The predicted molar refractivity (Wildman–Crippen MR) is 171 cm³/mol. The second-order valence-corrected chi connectivity index (χ2v) is 13.2. The average molecular weight is 726 g/mol. The molecule has 10 unspecified atom stereocenters. The zero-order chi connectivity index (χ0) is 37.6. The van der Waals surface area contributed by atoms with Crippen LogP contribution in [0.5, 0.6) is 0 Å². The maximum absolute atomic E-state index is 12.9. The number of carboxylic acids is 3. The maximum Gasteiger partial charge on any atom is 0.338 e. The van der Waals surface area contributed by atoms with Crippen molar-refractivity contribution in [1.29, 1.82) is 0 Å². The Morgan fingerprint density at radius 1 is 0.800 bits per heavy atom. The molecule has 2 rings (SSSR count). The Kier molecular flexibility index (Phi) is 18.3. The van der Waals surface area contributed by atoms with Crippen molar-refractivity contribution in [2.45, 2.75) is 42.7 Å². The van der Waals surface area contributed by atoms with Crippen LogP contribution in [0.2, 0.25) is 0 Å². The van der Waals surface area contributed by atoms with Gasteiger partial charge in [0.1, 0.15) is 0 Å². The Morgan fingerprint density at radius 3 is 1.86 bits per heavy atom. The minimum atomic E-state index is -1.42. The number of nitrogens with zero attached hydrogens (tertiary/aromatic N) is 2. The van der Waals surface area contributed by atoms with Crippen LogP contribution in [0.1, 0.15) is 12.8 Å². The van der Waals surface area contributed by atoms with Crippen molar-refractivity contribution >= 4 is 23.9 Å². The van der Waals surface area contributed by atoms with E-state index in [4.69, 9.17) is 40.7 Å². The average Bonchev–Trinajstić information content (AvgIpc) is 3.04. The molecule has 0 heterocycles. The van der Waals surface area contributed by atoms with E-state index in [1.54, 1.807) is 0 Å². The third-order valence-corrected chi connectivity index (χ3v) is 9.68. The lowest BCUT2D eigenvalue weighted by Crippen LogP contribution is -2.71. The van der Waals surface area contributed by atoms with Gasteiger partial charge in [0.15, 0.2) is 0 Å². The van der Waals surface area contributed by atoms with Gasteiger partial charge in [0, 0.05) is 70.2 Å². The highest BCUT2D eigenvalue weighted by Crippen LogP contribution is 2.38. The van der Waals surface area contributed by atoms with E-state index in [1.165, 1.54) is 14.2 Å². The van der Waals surface area contributed by atoms with Gasteiger partial charge in [0.05, 0.1) is 76.4 Å². The molecule has 20 nitrogen and oxygen atoms in total. The molecular weight excluding hydrogens is 670 g/mol. The second-order valence-electron chi connectivity index (χ2n) is 13.2. The summed E-state index contributed by atoms with van der Waals surface area (Å²) in [4.78, 5) is 54.1. The molecule has 10 atom stereocenters. The number of nitrogens with two attached hydrogens (primary N) is 2. The number of carboxylic acid groups (broad SMARTS) is 3. The summed E-state index contributed by atoms with van der Waals surface area (Å²) in [5.41, 5.74) is 14.0. The van der Waals surface area contributed by atoms with E-state index in [0.29, 0.717) is 6.42 Å². The van der Waals surface area contributed by atoms with Gasteiger partial charge in [0.25, 0.3) is 0 Å². The summed E-state index contributed by atoms with van der Waals surface area (Å²) in [5.74, 6) is -7.25. The molecule has 2 aliphatic carbocycles. The van der Waals surface area contributed by atoms with Crippen molar-refractivity contribution in [2.24, 2.45) is 41.1 Å². The number of methoxy groups -OCH3 is 2. The van der Waals surface area contributed by atoms with E-state index in [9.17, 15) is 44.7 Å². The van der Waals surface area contributed by atoms with Gasteiger partial charge in [0.2, 0.25) is 0 Å². The molecule has 0 aromatic heterocycles. The molecule has 2 aliphatic rings. The first-order valence-electron chi connectivity index (χ1n) is 16.3. The first-order chi connectivity index (χ1) is 23.6. The van der Waals surface area contributed by atoms with E-state index in [1.807, 2.05) is 0 Å². The fraction of sp³-hybridized carbons (Fsp3) is 0.867. The maximum atomic E-state index is 12.9. The number of hydrogen-bond donors (Lipinski definition) is 10. The minimum Gasteiger partial charge on any atom is -0.480 e. The van der Waals surface area contributed by atoms with Crippen molar-refractivity contribution in [2.75, 3.05) is 93.1 Å². The summed E-state index contributed by atoms with van der Waals surface area (Å²) in [5, 5.41) is 70.1. The highest BCUT2D eigenvalue weighted by molar-refractivity contribution is 5.74. The standard InChI is InChI=1S/C30H55N5O15/c1-47-13-18-6-20(12-37)30(32,29(46)26(18)31)16-49-14-19-5-17(11-36)21(15-48-2)28(45)27(19)33-50-25(44)10-35(9-24(42)43)4-3-34(7-22(38)39)8-23(40)41/h17-21,26-29,33,36-37,45-46H,3-16,31-32H2,1-2H3,(H,38,39)(H,40,41)(H,42,43). The normalized spacial score (nSPS) is 31.5. The summed E-state index contributed by atoms with van der Waals surface area (Å²) >= 11 is 0. The van der Waals surface area contributed by atoms with Crippen molar-refractivity contribution in [3.05, 3.63) is 0 Å². The lowest BCUT2D eigenvalue weighted by Gasteiger charge is -2.50. The number of nitrogens with one attached hydrogen (secondary N) is 1.